The lowest BCUT2D eigenvalue weighted by Crippen LogP contribution is -1.95. The van der Waals surface area contributed by atoms with Crippen molar-refractivity contribution in [1.82, 2.24) is 0 Å². The van der Waals surface area contributed by atoms with Crippen LogP contribution in [-0.2, 0) is 12.8 Å². The Labute approximate surface area is 216 Å². The van der Waals surface area contributed by atoms with Gasteiger partial charge in [0, 0.05) is 12.8 Å². The SMILES string of the molecule is C=CN.CCc1cc(C)ccc1C.CCc1ccccc1.CN=C(C=C(C)C)CCC1=CC=CC1. The summed E-state index contributed by atoms with van der Waals surface area (Å²) in [5.41, 5.74) is 14.3. The molecule has 35 heavy (non-hydrogen) atoms. The summed E-state index contributed by atoms with van der Waals surface area (Å²) >= 11 is 0. The van der Waals surface area contributed by atoms with E-state index in [1.807, 2.05) is 13.1 Å². The molecule has 0 unspecified atom stereocenters. The standard InChI is InChI=1S/C13H19N.C10H14.C8H10.C2H5N/c1-11(2)10-13(14-3)9-8-12-6-4-5-7-12;1-4-10-7-8(2)5-6-9(10)3;1-2-8-6-4-3-5-7-8;1-2-3/h4-6,10H,7-9H2,1-3H3;5-7H,4H2,1-3H3;3-7H,2H2,1H3;2H,1,3H2. The van der Waals surface area contributed by atoms with Crippen molar-refractivity contribution in [2.45, 2.75) is 73.6 Å². The van der Waals surface area contributed by atoms with Crippen LogP contribution in [0.4, 0.5) is 0 Å². The molecule has 0 saturated carbocycles. The van der Waals surface area contributed by atoms with Crippen molar-refractivity contribution in [2.24, 2.45) is 10.7 Å². The largest absolute Gasteiger partial charge is 0.405 e. The van der Waals surface area contributed by atoms with E-state index in [4.69, 9.17) is 0 Å². The molecule has 2 N–H and O–H groups in total. The Morgan fingerprint density at radius 1 is 1.03 bits per heavy atom. The Morgan fingerprint density at radius 2 is 1.69 bits per heavy atom. The molecule has 1 aliphatic rings. The van der Waals surface area contributed by atoms with Crippen molar-refractivity contribution in [3.63, 3.8) is 0 Å². The van der Waals surface area contributed by atoms with E-state index in [9.17, 15) is 0 Å². The maximum Gasteiger partial charge on any atom is 0.0347 e. The summed E-state index contributed by atoms with van der Waals surface area (Å²) < 4.78 is 0. The van der Waals surface area contributed by atoms with Crippen LogP contribution in [0.25, 0.3) is 0 Å². The van der Waals surface area contributed by atoms with Gasteiger partial charge in [0.05, 0.1) is 0 Å². The predicted octanol–water partition coefficient (Wildman–Crippen LogP) is 8.89. The van der Waals surface area contributed by atoms with Crippen LogP contribution < -0.4 is 5.73 Å². The molecule has 190 valence electrons. The number of nitrogens with zero attached hydrogens (tertiary/aromatic N) is 1. The Hall–Kier alpha value is -3.13. The number of benzene rings is 2. The average Bonchev–Trinajstić information content (AvgIpc) is 3.38. The number of aryl methyl sites for hydroxylation is 4. The summed E-state index contributed by atoms with van der Waals surface area (Å²) in [5, 5.41) is 0. The number of rotatable bonds is 6. The highest BCUT2D eigenvalue weighted by atomic mass is 14.7. The second kappa shape index (κ2) is 20.3. The Morgan fingerprint density at radius 3 is 2.11 bits per heavy atom. The van der Waals surface area contributed by atoms with Gasteiger partial charge >= 0.3 is 0 Å². The van der Waals surface area contributed by atoms with Crippen molar-refractivity contribution in [1.29, 1.82) is 0 Å². The lowest BCUT2D eigenvalue weighted by molar-refractivity contribution is 0.978. The van der Waals surface area contributed by atoms with Crippen LogP contribution >= 0.6 is 0 Å². The lowest BCUT2D eigenvalue weighted by atomic mass is 10.0. The minimum Gasteiger partial charge on any atom is -0.405 e. The van der Waals surface area contributed by atoms with Gasteiger partial charge in [0.15, 0.2) is 0 Å². The van der Waals surface area contributed by atoms with Crippen molar-refractivity contribution in [2.75, 3.05) is 7.05 Å². The highest BCUT2D eigenvalue weighted by Crippen LogP contribution is 2.17. The molecule has 0 aliphatic heterocycles. The monoisotopic (exact) mass is 472 g/mol. The van der Waals surface area contributed by atoms with Crippen molar-refractivity contribution >= 4 is 5.71 Å². The molecule has 0 bridgehead atoms. The second-order valence-corrected chi connectivity index (χ2v) is 8.75. The van der Waals surface area contributed by atoms with Crippen LogP contribution in [0.3, 0.4) is 0 Å². The molecule has 2 heteroatoms. The van der Waals surface area contributed by atoms with Crippen molar-refractivity contribution in [3.05, 3.63) is 119 Å². The molecular formula is C33H48N2. The molecule has 3 rings (SSSR count). The number of aliphatic imine (C=N–C) groups is 1. The molecule has 2 aromatic rings. The highest BCUT2D eigenvalue weighted by molar-refractivity contribution is 5.95. The van der Waals surface area contributed by atoms with E-state index in [0.717, 1.165) is 32.1 Å². The van der Waals surface area contributed by atoms with E-state index in [1.165, 1.54) is 45.3 Å². The number of allylic oxidation sites excluding steroid dienone is 6. The van der Waals surface area contributed by atoms with Crippen LogP contribution in [0.2, 0.25) is 0 Å². The maximum atomic E-state index is 4.61. The van der Waals surface area contributed by atoms with Crippen LogP contribution in [0, 0.1) is 13.8 Å². The van der Waals surface area contributed by atoms with Gasteiger partial charge in [-0.3, -0.25) is 4.99 Å². The van der Waals surface area contributed by atoms with Gasteiger partial charge < -0.3 is 5.73 Å². The fourth-order valence-electron chi connectivity index (χ4n) is 3.44. The topological polar surface area (TPSA) is 38.4 Å². The minimum absolute atomic E-state index is 1.06. The molecular weight excluding hydrogens is 424 g/mol. The lowest BCUT2D eigenvalue weighted by Gasteiger charge is -2.02. The molecule has 0 fully saturated rings. The van der Waals surface area contributed by atoms with Gasteiger partial charge in [-0.1, -0.05) is 104 Å². The first-order chi connectivity index (χ1) is 16.8. The molecule has 0 amide bonds. The predicted molar refractivity (Wildman–Crippen MR) is 159 cm³/mol. The van der Waals surface area contributed by atoms with Gasteiger partial charge in [-0.2, -0.15) is 0 Å². The summed E-state index contributed by atoms with van der Waals surface area (Å²) in [7, 11) is 1.87. The molecule has 0 saturated heterocycles. The summed E-state index contributed by atoms with van der Waals surface area (Å²) in [6.45, 7) is 16.0. The van der Waals surface area contributed by atoms with E-state index < -0.39 is 0 Å². The molecule has 0 aromatic heterocycles. The zero-order valence-corrected chi connectivity index (χ0v) is 23.3. The Kier molecular flexibility index (Phi) is 18.4. The zero-order valence-electron chi connectivity index (χ0n) is 23.3. The molecule has 0 spiro atoms. The fraction of sp³-hybridized carbons (Fsp3) is 0.364. The number of nitrogens with two attached hydrogens (primary N) is 1. The highest BCUT2D eigenvalue weighted by Gasteiger charge is 2.01. The fourth-order valence-corrected chi connectivity index (χ4v) is 3.44. The van der Waals surface area contributed by atoms with Crippen LogP contribution in [-0.4, -0.2) is 12.8 Å². The number of hydrogen-bond donors (Lipinski definition) is 1. The molecule has 0 heterocycles. The zero-order chi connectivity index (χ0) is 26.5. The quantitative estimate of drug-likeness (QED) is 0.419. The van der Waals surface area contributed by atoms with Crippen molar-refractivity contribution in [3.8, 4) is 0 Å². The third kappa shape index (κ3) is 16.2. The van der Waals surface area contributed by atoms with Gasteiger partial charge in [-0.15, -0.1) is 0 Å². The number of hydrogen-bond acceptors (Lipinski definition) is 2. The second-order valence-electron chi connectivity index (χ2n) is 8.75. The van der Waals surface area contributed by atoms with E-state index in [-0.39, 0.29) is 0 Å². The first-order valence-electron chi connectivity index (χ1n) is 12.7. The molecule has 1 aliphatic carbocycles. The molecule has 0 atom stereocenters. The summed E-state index contributed by atoms with van der Waals surface area (Å²) in [4.78, 5) is 4.28. The Balaban J connectivity index is 0.000000485. The summed E-state index contributed by atoms with van der Waals surface area (Å²) in [6, 6.07) is 17.1. The molecule has 2 aromatic carbocycles. The van der Waals surface area contributed by atoms with Gasteiger partial charge in [0.25, 0.3) is 0 Å². The van der Waals surface area contributed by atoms with E-state index in [2.05, 4.69) is 126 Å². The maximum absolute atomic E-state index is 4.61. The Bertz CT molecular complexity index is 956. The van der Waals surface area contributed by atoms with E-state index in [1.54, 1.807) is 0 Å². The third-order valence-electron chi connectivity index (χ3n) is 5.43. The van der Waals surface area contributed by atoms with Gasteiger partial charge in [0.1, 0.15) is 0 Å². The first-order valence-corrected chi connectivity index (χ1v) is 12.7. The normalized spacial score (nSPS) is 11.5. The van der Waals surface area contributed by atoms with Gasteiger partial charge in [-0.25, -0.2) is 0 Å². The summed E-state index contributed by atoms with van der Waals surface area (Å²) in [6.07, 6.45) is 15.6. The smallest absolute Gasteiger partial charge is 0.0347 e. The average molecular weight is 473 g/mol. The van der Waals surface area contributed by atoms with Crippen LogP contribution in [0.15, 0.2) is 102 Å². The summed E-state index contributed by atoms with van der Waals surface area (Å²) in [5.74, 6) is 0. The van der Waals surface area contributed by atoms with E-state index >= 15 is 0 Å². The minimum atomic E-state index is 1.06. The molecule has 2 nitrogen and oxygen atoms in total. The first kappa shape index (κ1) is 31.9. The van der Waals surface area contributed by atoms with Gasteiger partial charge in [0.2, 0.25) is 0 Å². The van der Waals surface area contributed by atoms with Crippen molar-refractivity contribution < 1.29 is 0 Å². The van der Waals surface area contributed by atoms with Crippen LogP contribution in [0.5, 0.6) is 0 Å². The molecule has 0 radical (unpaired) electrons. The third-order valence-corrected chi connectivity index (χ3v) is 5.43. The van der Waals surface area contributed by atoms with Crippen LogP contribution in [0.1, 0.15) is 69.2 Å². The van der Waals surface area contributed by atoms with E-state index in [0.29, 0.717) is 0 Å². The van der Waals surface area contributed by atoms with Gasteiger partial charge in [-0.05, 0) is 88.8 Å².